The first kappa shape index (κ1) is 68.3. The van der Waals surface area contributed by atoms with Gasteiger partial charge in [0.2, 0.25) is 5.91 Å². The second-order valence-corrected chi connectivity index (χ2v) is 21.4. The molecule has 11 heteroatoms. The molecule has 72 heavy (non-hydrogen) atoms. The van der Waals surface area contributed by atoms with Crippen molar-refractivity contribution in [2.75, 3.05) is 13.2 Å². The van der Waals surface area contributed by atoms with Crippen LogP contribution < -0.4 is 5.32 Å². The lowest BCUT2D eigenvalue weighted by Crippen LogP contribution is -2.60. The van der Waals surface area contributed by atoms with E-state index in [2.05, 4.69) is 55.6 Å². The van der Waals surface area contributed by atoms with Crippen LogP contribution in [0.1, 0.15) is 277 Å². The summed E-state index contributed by atoms with van der Waals surface area (Å²) in [5.41, 5.74) is 0. The Kier molecular flexibility index (Phi) is 47.6. The van der Waals surface area contributed by atoms with Gasteiger partial charge in [0, 0.05) is 0 Å². The van der Waals surface area contributed by atoms with Crippen molar-refractivity contribution in [1.82, 2.24) is 5.32 Å². The van der Waals surface area contributed by atoms with Crippen LogP contribution in [0.2, 0.25) is 0 Å². The Morgan fingerprint density at radius 3 is 1.24 bits per heavy atom. The molecule has 1 rings (SSSR count). The van der Waals surface area contributed by atoms with Crippen molar-refractivity contribution in [1.29, 1.82) is 0 Å². The van der Waals surface area contributed by atoms with Crippen LogP contribution in [0.25, 0.3) is 0 Å². The Morgan fingerprint density at radius 2 is 0.833 bits per heavy atom. The van der Waals surface area contributed by atoms with E-state index in [0.29, 0.717) is 19.3 Å². The molecule has 11 nitrogen and oxygen atoms in total. The molecule has 9 unspecified atom stereocenters. The van der Waals surface area contributed by atoms with Gasteiger partial charge in [-0.3, -0.25) is 4.79 Å². The zero-order valence-electron chi connectivity index (χ0n) is 46.4. The maximum atomic E-state index is 13.2. The van der Waals surface area contributed by atoms with E-state index in [1.807, 2.05) is 0 Å². The van der Waals surface area contributed by atoms with Crippen molar-refractivity contribution >= 4 is 5.91 Å². The minimum atomic E-state index is -1.67. The summed E-state index contributed by atoms with van der Waals surface area (Å²) in [5.74, 6) is -0.710. The summed E-state index contributed by atoms with van der Waals surface area (Å²) in [5, 5.41) is 76.2. The number of aliphatic hydroxyl groups is 7. The van der Waals surface area contributed by atoms with Crippen LogP contribution in [0.15, 0.2) is 36.5 Å². The van der Waals surface area contributed by atoms with Gasteiger partial charge >= 0.3 is 0 Å². The molecule has 0 aromatic heterocycles. The maximum Gasteiger partial charge on any atom is 0.249 e. The average molecular weight is 1020 g/mol. The fourth-order valence-electron chi connectivity index (χ4n) is 9.69. The molecule has 0 aromatic carbocycles. The molecule has 1 heterocycles. The topological polar surface area (TPSA) is 189 Å². The fraction of sp³-hybridized carbons (Fsp3) is 0.885. The lowest BCUT2D eigenvalue weighted by Gasteiger charge is -2.40. The smallest absolute Gasteiger partial charge is 0.249 e. The summed E-state index contributed by atoms with van der Waals surface area (Å²) in [6.07, 6.45) is 50.6. The first-order chi connectivity index (χ1) is 35.2. The molecule has 9 atom stereocenters. The third-order valence-electron chi connectivity index (χ3n) is 14.6. The zero-order chi connectivity index (χ0) is 52.5. The second-order valence-electron chi connectivity index (χ2n) is 21.4. The number of hydrogen-bond donors (Lipinski definition) is 8. The van der Waals surface area contributed by atoms with Gasteiger partial charge in [-0.05, 0) is 77.0 Å². The largest absolute Gasteiger partial charge is 0.394 e. The summed E-state index contributed by atoms with van der Waals surface area (Å²) in [6.45, 7) is 3.46. The van der Waals surface area contributed by atoms with Gasteiger partial charge in [-0.2, -0.15) is 0 Å². The Bertz CT molecular complexity index is 1260. The SMILES string of the molecule is CCCCCCCCCCCCCC/C=C\CCCCCCCCCCC(O)C(=O)NC(COC1OC(CO)C(O)C(O)C1O)C(O)C(O)CCC/C=C/CC/C=C/CCCCCCCCCCCCCC. The van der Waals surface area contributed by atoms with Crippen molar-refractivity contribution in [3.63, 3.8) is 0 Å². The molecule has 1 amide bonds. The van der Waals surface area contributed by atoms with Gasteiger partial charge in [-0.25, -0.2) is 0 Å². The Morgan fingerprint density at radius 1 is 0.472 bits per heavy atom. The van der Waals surface area contributed by atoms with E-state index < -0.39 is 74.2 Å². The van der Waals surface area contributed by atoms with Gasteiger partial charge in [0.15, 0.2) is 6.29 Å². The third kappa shape index (κ3) is 38.0. The van der Waals surface area contributed by atoms with E-state index in [0.717, 1.165) is 44.9 Å². The van der Waals surface area contributed by atoms with Crippen molar-refractivity contribution in [3.8, 4) is 0 Å². The maximum absolute atomic E-state index is 13.2. The third-order valence-corrected chi connectivity index (χ3v) is 14.6. The van der Waals surface area contributed by atoms with E-state index in [4.69, 9.17) is 9.47 Å². The Balaban J connectivity index is 2.32. The van der Waals surface area contributed by atoms with Crippen molar-refractivity contribution in [2.45, 2.75) is 332 Å². The summed E-state index contributed by atoms with van der Waals surface area (Å²) >= 11 is 0. The van der Waals surface area contributed by atoms with Crippen LogP contribution in [-0.2, 0) is 14.3 Å². The number of carbonyl (C=O) groups excluding carboxylic acids is 1. The fourth-order valence-corrected chi connectivity index (χ4v) is 9.69. The molecular weight excluding hydrogens is 907 g/mol. The summed E-state index contributed by atoms with van der Waals surface area (Å²) in [4.78, 5) is 13.2. The number of unbranched alkanes of at least 4 members (excludes halogenated alkanes) is 34. The second kappa shape index (κ2) is 50.2. The molecule has 1 saturated heterocycles. The van der Waals surface area contributed by atoms with Gasteiger partial charge in [0.05, 0.1) is 25.4 Å². The van der Waals surface area contributed by atoms with Gasteiger partial charge in [0.1, 0.15) is 36.6 Å². The standard InChI is InChI=1S/C61H115NO10/c1-3-5-7-9-11-13-15-17-19-21-23-25-26-27-29-31-33-35-37-39-41-43-45-47-49-54(65)60(70)62-52(51-71-61-59(69)58(68)57(67)55(50-63)72-61)56(66)53(64)48-46-44-42-40-38-36-34-32-30-28-24-22-20-18-16-14-12-10-8-6-4-2/h27,29,32,34,40,42,52-59,61,63-69H,3-26,28,30-31,33,35-39,41,43-51H2,1-2H3,(H,62,70)/b29-27-,34-32+,42-40+. The number of carbonyl (C=O) groups is 1. The first-order valence-electron chi connectivity index (χ1n) is 30.4. The summed E-state index contributed by atoms with van der Waals surface area (Å²) in [7, 11) is 0. The summed E-state index contributed by atoms with van der Waals surface area (Å²) < 4.78 is 11.1. The molecule has 0 aromatic rings. The molecule has 1 aliphatic heterocycles. The predicted octanol–water partition coefficient (Wildman–Crippen LogP) is 13.1. The molecule has 1 fully saturated rings. The molecule has 0 bridgehead atoms. The van der Waals surface area contributed by atoms with Crippen LogP contribution in [-0.4, -0.2) is 110 Å². The molecule has 0 spiro atoms. The highest BCUT2D eigenvalue weighted by Gasteiger charge is 2.44. The lowest BCUT2D eigenvalue weighted by atomic mass is 9.98. The van der Waals surface area contributed by atoms with Crippen LogP contribution in [0, 0.1) is 0 Å². The number of nitrogens with one attached hydrogen (secondary N) is 1. The van der Waals surface area contributed by atoms with E-state index >= 15 is 0 Å². The quantitative estimate of drug-likeness (QED) is 0.0215. The zero-order valence-corrected chi connectivity index (χ0v) is 46.4. The summed E-state index contributed by atoms with van der Waals surface area (Å²) in [6, 6.07) is -1.19. The number of allylic oxidation sites excluding steroid dienone is 6. The molecule has 0 aliphatic carbocycles. The van der Waals surface area contributed by atoms with Crippen LogP contribution in [0.4, 0.5) is 0 Å². The van der Waals surface area contributed by atoms with Crippen LogP contribution in [0.3, 0.4) is 0 Å². The van der Waals surface area contributed by atoms with E-state index in [1.54, 1.807) is 0 Å². The Hall–Kier alpha value is -1.67. The van der Waals surface area contributed by atoms with E-state index in [1.165, 1.54) is 186 Å². The Labute approximate surface area is 441 Å². The highest BCUT2D eigenvalue weighted by Crippen LogP contribution is 2.23. The van der Waals surface area contributed by atoms with Gasteiger partial charge < -0.3 is 50.5 Å². The molecule has 1 aliphatic rings. The normalized spacial score (nSPS) is 20.3. The molecule has 8 N–H and O–H groups in total. The number of amides is 1. The molecule has 0 radical (unpaired) electrons. The van der Waals surface area contributed by atoms with E-state index in [9.17, 15) is 40.5 Å². The number of rotatable bonds is 52. The minimum Gasteiger partial charge on any atom is -0.394 e. The van der Waals surface area contributed by atoms with Crippen molar-refractivity contribution < 1.29 is 50.0 Å². The average Bonchev–Trinajstić information content (AvgIpc) is 3.38. The number of ether oxygens (including phenoxy) is 2. The van der Waals surface area contributed by atoms with Crippen LogP contribution in [0.5, 0.6) is 0 Å². The van der Waals surface area contributed by atoms with Gasteiger partial charge in [-0.15, -0.1) is 0 Å². The van der Waals surface area contributed by atoms with Gasteiger partial charge in [0.25, 0.3) is 0 Å². The minimum absolute atomic E-state index is 0.246. The van der Waals surface area contributed by atoms with Crippen molar-refractivity contribution in [2.24, 2.45) is 0 Å². The molecule has 0 saturated carbocycles. The van der Waals surface area contributed by atoms with Crippen molar-refractivity contribution in [3.05, 3.63) is 36.5 Å². The number of aliphatic hydroxyl groups excluding tert-OH is 7. The first-order valence-corrected chi connectivity index (χ1v) is 30.4. The molecule has 424 valence electrons. The van der Waals surface area contributed by atoms with Crippen LogP contribution >= 0.6 is 0 Å². The van der Waals surface area contributed by atoms with Gasteiger partial charge in [-0.1, -0.05) is 237 Å². The molecular formula is C61H115NO10. The van der Waals surface area contributed by atoms with E-state index in [-0.39, 0.29) is 12.8 Å². The number of hydrogen-bond acceptors (Lipinski definition) is 10. The predicted molar refractivity (Wildman–Crippen MR) is 298 cm³/mol. The monoisotopic (exact) mass is 1020 g/mol. The highest BCUT2D eigenvalue weighted by molar-refractivity contribution is 5.80. The lowest BCUT2D eigenvalue weighted by molar-refractivity contribution is -0.303. The highest BCUT2D eigenvalue weighted by atomic mass is 16.7.